The minimum absolute atomic E-state index is 0.0702. The van der Waals surface area contributed by atoms with Crippen molar-refractivity contribution in [3.8, 4) is 5.75 Å². The number of fused-ring (bicyclic) bond motifs is 2. The third kappa shape index (κ3) is 2.80. The molecule has 3 unspecified atom stereocenters. The maximum absolute atomic E-state index is 12.5. The molecule has 4 N–H and O–H groups in total. The molecule has 1 aliphatic carbocycles. The number of benzene rings is 1. The molecule has 30 heavy (non-hydrogen) atoms. The number of aromatic nitrogens is 1. The maximum Gasteiger partial charge on any atom is 0.261 e. The topological polar surface area (TPSA) is 109 Å². The molecule has 1 fully saturated rings. The van der Waals surface area contributed by atoms with Gasteiger partial charge in [-0.15, -0.1) is 0 Å². The first-order valence-corrected chi connectivity index (χ1v) is 10.3. The van der Waals surface area contributed by atoms with E-state index in [-0.39, 0.29) is 11.6 Å². The van der Waals surface area contributed by atoms with Gasteiger partial charge < -0.3 is 25.5 Å². The van der Waals surface area contributed by atoms with Gasteiger partial charge in [0.05, 0.1) is 12.7 Å². The fourth-order valence-corrected chi connectivity index (χ4v) is 5.51. The Morgan fingerprint density at radius 1 is 1.33 bits per heavy atom. The number of nitrogens with one attached hydrogen (secondary N) is 1. The number of nitrogens with zero attached hydrogens (tertiary/aromatic N) is 1. The molecule has 1 amide bonds. The van der Waals surface area contributed by atoms with Crippen LogP contribution in [0.3, 0.4) is 0 Å². The minimum Gasteiger partial charge on any atom is -0.497 e. The number of likely N-dealkylation sites (N-methyl/N-ethyl adjacent to an activating group) is 1. The van der Waals surface area contributed by atoms with Crippen molar-refractivity contribution in [1.82, 2.24) is 9.88 Å². The lowest BCUT2D eigenvalue weighted by molar-refractivity contribution is -0.132. The molecule has 3 atom stereocenters. The Labute approximate surface area is 175 Å². The van der Waals surface area contributed by atoms with Crippen molar-refractivity contribution in [1.29, 1.82) is 0 Å². The van der Waals surface area contributed by atoms with Gasteiger partial charge in [0.2, 0.25) is 0 Å². The number of aliphatic hydroxyl groups is 1. The molecule has 0 saturated carbocycles. The van der Waals surface area contributed by atoms with E-state index in [1.54, 1.807) is 13.2 Å². The van der Waals surface area contributed by atoms with Crippen molar-refractivity contribution in [2.24, 2.45) is 5.73 Å². The number of aromatic amines is 1. The van der Waals surface area contributed by atoms with Crippen LogP contribution in [0.25, 0.3) is 0 Å². The Kier molecular flexibility index (Phi) is 4.78. The number of carbonyl (C=O) groups is 1. The number of ether oxygens (including phenoxy) is 1. The van der Waals surface area contributed by atoms with Gasteiger partial charge in [0.15, 0.2) is 0 Å². The molecule has 4 rings (SSSR count). The lowest BCUT2D eigenvalue weighted by Crippen LogP contribution is -2.70. The molecular formula is C23H29N3O4. The van der Waals surface area contributed by atoms with Crippen molar-refractivity contribution in [3.63, 3.8) is 0 Å². The van der Waals surface area contributed by atoms with Crippen LogP contribution in [-0.4, -0.2) is 53.2 Å². The number of piperidine rings is 1. The van der Waals surface area contributed by atoms with E-state index < -0.39 is 22.5 Å². The summed E-state index contributed by atoms with van der Waals surface area (Å²) in [6.45, 7) is 4.90. The average molecular weight is 412 g/mol. The largest absolute Gasteiger partial charge is 0.497 e. The van der Waals surface area contributed by atoms with Crippen LogP contribution in [0.5, 0.6) is 5.75 Å². The summed E-state index contributed by atoms with van der Waals surface area (Å²) in [6.07, 6.45) is 1.53. The van der Waals surface area contributed by atoms with Crippen molar-refractivity contribution in [2.45, 2.75) is 50.2 Å². The first kappa shape index (κ1) is 20.6. The van der Waals surface area contributed by atoms with Gasteiger partial charge >= 0.3 is 0 Å². The van der Waals surface area contributed by atoms with Gasteiger partial charge in [-0.3, -0.25) is 9.59 Å². The highest BCUT2D eigenvalue weighted by molar-refractivity contribution is 5.92. The molecule has 1 aromatic carbocycles. The number of methoxy groups -OCH3 is 1. The SMILES string of the molecule is COc1ccc(C)c(C23CCN(C)C(C)C2(O)Cc2cc(C(N)=O)c(=O)[nH]c2C3)c1. The monoisotopic (exact) mass is 411 g/mol. The van der Waals surface area contributed by atoms with Gasteiger partial charge in [-0.1, -0.05) is 6.07 Å². The number of carbonyl (C=O) groups excluding carboxylic acids is 1. The molecule has 1 aliphatic heterocycles. The number of likely N-dealkylation sites (tertiary alicyclic amines) is 1. The average Bonchev–Trinajstić information content (AvgIpc) is 2.70. The standard InChI is InChI=1S/C23H29N3O4/c1-13-5-6-16(30-4)10-18(13)22-7-8-26(3)14(2)23(22,29)11-15-9-17(20(24)27)21(28)25-19(15)12-22/h5-6,9-10,14,29H,7-8,11-12H2,1-4H3,(H2,24,27)(H,25,28). The highest BCUT2D eigenvalue weighted by atomic mass is 16.5. The van der Waals surface area contributed by atoms with Gasteiger partial charge in [0.1, 0.15) is 11.3 Å². The van der Waals surface area contributed by atoms with Crippen molar-refractivity contribution in [3.05, 3.63) is 62.6 Å². The Balaban J connectivity index is 1.98. The van der Waals surface area contributed by atoms with E-state index in [4.69, 9.17) is 10.5 Å². The summed E-state index contributed by atoms with van der Waals surface area (Å²) in [5, 5.41) is 12.3. The normalized spacial score (nSPS) is 28.5. The van der Waals surface area contributed by atoms with Gasteiger partial charge in [-0.25, -0.2) is 0 Å². The van der Waals surface area contributed by atoms with E-state index in [1.807, 2.05) is 39.1 Å². The van der Waals surface area contributed by atoms with Crippen molar-refractivity contribution in [2.75, 3.05) is 20.7 Å². The second-order valence-corrected chi connectivity index (χ2v) is 8.83. The number of primary amides is 1. The van der Waals surface area contributed by atoms with Gasteiger partial charge in [-0.05, 0) is 68.8 Å². The Bertz CT molecular complexity index is 1080. The second-order valence-electron chi connectivity index (χ2n) is 8.83. The van der Waals surface area contributed by atoms with Crippen LogP contribution in [0.15, 0.2) is 29.1 Å². The van der Waals surface area contributed by atoms with Crippen LogP contribution in [0.1, 0.15) is 46.1 Å². The van der Waals surface area contributed by atoms with Gasteiger partial charge in [0.25, 0.3) is 11.5 Å². The molecule has 2 aliphatic rings. The quantitative estimate of drug-likeness (QED) is 0.705. The second kappa shape index (κ2) is 6.96. The number of hydrogen-bond acceptors (Lipinski definition) is 5. The summed E-state index contributed by atoms with van der Waals surface area (Å²) in [4.78, 5) is 29.2. The molecule has 160 valence electrons. The molecular weight excluding hydrogens is 382 g/mol. The van der Waals surface area contributed by atoms with Crippen LogP contribution in [0.4, 0.5) is 0 Å². The predicted octanol–water partition coefficient (Wildman–Crippen LogP) is 1.28. The molecule has 2 aromatic rings. The summed E-state index contributed by atoms with van der Waals surface area (Å²) < 4.78 is 5.49. The van der Waals surface area contributed by atoms with Gasteiger partial charge in [0, 0.05) is 30.0 Å². The first-order chi connectivity index (χ1) is 14.1. The van der Waals surface area contributed by atoms with Crippen LogP contribution in [0.2, 0.25) is 0 Å². The lowest BCUT2D eigenvalue weighted by Gasteiger charge is -2.59. The van der Waals surface area contributed by atoms with Crippen molar-refractivity contribution < 1.29 is 14.6 Å². The third-order valence-electron chi connectivity index (χ3n) is 7.45. The fraction of sp³-hybridized carbons (Fsp3) is 0.478. The highest BCUT2D eigenvalue weighted by Gasteiger charge is 2.60. The summed E-state index contributed by atoms with van der Waals surface area (Å²) in [5.41, 5.74) is 6.78. The minimum atomic E-state index is -1.10. The van der Waals surface area contributed by atoms with E-state index >= 15 is 0 Å². The zero-order valence-electron chi connectivity index (χ0n) is 17.9. The fourth-order valence-electron chi connectivity index (χ4n) is 5.51. The van der Waals surface area contributed by atoms with E-state index in [2.05, 4.69) is 9.88 Å². The number of rotatable bonds is 3. The molecule has 1 aromatic heterocycles. The number of nitrogens with two attached hydrogens (primary N) is 1. The third-order valence-corrected chi connectivity index (χ3v) is 7.45. The number of hydrogen-bond donors (Lipinski definition) is 3. The maximum atomic E-state index is 12.5. The molecule has 2 heterocycles. The summed E-state index contributed by atoms with van der Waals surface area (Å²) >= 11 is 0. The Hall–Kier alpha value is -2.64. The molecule has 0 bridgehead atoms. The zero-order chi connectivity index (χ0) is 21.8. The number of amides is 1. The Morgan fingerprint density at radius 2 is 2.07 bits per heavy atom. The predicted molar refractivity (Wildman–Crippen MR) is 114 cm³/mol. The van der Waals surface area contributed by atoms with Crippen molar-refractivity contribution >= 4 is 5.91 Å². The van der Waals surface area contributed by atoms with Gasteiger partial charge in [-0.2, -0.15) is 0 Å². The van der Waals surface area contributed by atoms with E-state index in [9.17, 15) is 14.7 Å². The number of pyridine rings is 1. The molecule has 1 saturated heterocycles. The first-order valence-electron chi connectivity index (χ1n) is 10.3. The molecule has 7 heteroatoms. The number of aryl methyl sites for hydroxylation is 1. The van der Waals surface area contributed by atoms with Crippen LogP contribution < -0.4 is 16.0 Å². The summed E-state index contributed by atoms with van der Waals surface area (Å²) in [6, 6.07) is 7.37. The molecule has 0 radical (unpaired) electrons. The molecule has 0 spiro atoms. The molecule has 7 nitrogen and oxygen atoms in total. The lowest BCUT2D eigenvalue weighted by atomic mass is 9.53. The van der Waals surface area contributed by atoms with Crippen LogP contribution >= 0.6 is 0 Å². The Morgan fingerprint density at radius 3 is 2.73 bits per heavy atom. The summed E-state index contributed by atoms with van der Waals surface area (Å²) in [5.74, 6) is -0.0254. The zero-order valence-corrected chi connectivity index (χ0v) is 17.9. The smallest absolute Gasteiger partial charge is 0.261 e. The number of H-pyrrole nitrogens is 1. The van der Waals surface area contributed by atoms with Crippen LogP contribution in [-0.2, 0) is 18.3 Å². The highest BCUT2D eigenvalue weighted by Crippen LogP contribution is 2.53. The van der Waals surface area contributed by atoms with E-state index in [1.165, 1.54) is 0 Å². The van der Waals surface area contributed by atoms with E-state index in [0.717, 1.165) is 41.1 Å². The summed E-state index contributed by atoms with van der Waals surface area (Å²) in [7, 11) is 3.65. The van der Waals surface area contributed by atoms with E-state index in [0.29, 0.717) is 12.8 Å². The van der Waals surface area contributed by atoms with Crippen LogP contribution in [0, 0.1) is 6.92 Å².